The fourth-order valence-electron chi connectivity index (χ4n) is 4.61. The lowest BCUT2D eigenvalue weighted by Crippen LogP contribution is -2.30. The summed E-state index contributed by atoms with van der Waals surface area (Å²) in [6.45, 7) is 3.77. The number of nitrogens with one attached hydrogen (secondary N) is 2. The maximum absolute atomic E-state index is 14.8. The van der Waals surface area contributed by atoms with Gasteiger partial charge >= 0.3 is 0 Å². The summed E-state index contributed by atoms with van der Waals surface area (Å²) < 4.78 is 16.7. The van der Waals surface area contributed by atoms with Crippen LogP contribution in [0.1, 0.15) is 42.4 Å². The van der Waals surface area contributed by atoms with Gasteiger partial charge in [-0.3, -0.25) is 9.78 Å². The number of pyridine rings is 1. The number of carbonyl (C=O) groups excluding carboxylic acids is 1. The number of anilines is 2. The number of para-hydroxylation sites is 1. The van der Waals surface area contributed by atoms with Gasteiger partial charge in [-0.1, -0.05) is 25.1 Å². The highest BCUT2D eigenvalue weighted by Gasteiger charge is 2.42. The van der Waals surface area contributed by atoms with Crippen LogP contribution in [0.4, 0.5) is 15.8 Å². The maximum Gasteiger partial charge on any atom is 0.224 e. The molecule has 1 aliphatic heterocycles. The van der Waals surface area contributed by atoms with Gasteiger partial charge in [-0.2, -0.15) is 0 Å². The first kappa shape index (κ1) is 23.7. The number of benzene rings is 2. The SMILES string of the molecule is CCC(=O)Nc1ccc(N2C(=S)N[C@H](c3ccccn3)[C@@H]2c2cccn2-c2ccccc2F)cc1C. The van der Waals surface area contributed by atoms with Crippen molar-refractivity contribution >= 4 is 34.6 Å². The van der Waals surface area contributed by atoms with Crippen molar-refractivity contribution in [2.24, 2.45) is 0 Å². The monoisotopic (exact) mass is 499 g/mol. The van der Waals surface area contributed by atoms with Gasteiger partial charge in [-0.25, -0.2) is 4.39 Å². The Hall–Kier alpha value is -4.04. The minimum atomic E-state index is -0.309. The van der Waals surface area contributed by atoms with Crippen molar-refractivity contribution in [1.82, 2.24) is 14.9 Å². The van der Waals surface area contributed by atoms with E-state index >= 15 is 0 Å². The van der Waals surface area contributed by atoms with Crippen molar-refractivity contribution in [3.63, 3.8) is 0 Å². The molecule has 2 aromatic heterocycles. The predicted octanol–water partition coefficient (Wildman–Crippen LogP) is 5.85. The van der Waals surface area contributed by atoms with Crippen molar-refractivity contribution < 1.29 is 9.18 Å². The lowest BCUT2D eigenvalue weighted by atomic mass is 10.00. The van der Waals surface area contributed by atoms with Gasteiger partial charge in [-0.15, -0.1) is 0 Å². The zero-order valence-electron chi connectivity index (χ0n) is 20.0. The number of amides is 1. The van der Waals surface area contributed by atoms with E-state index in [0.717, 1.165) is 28.3 Å². The van der Waals surface area contributed by atoms with E-state index in [1.54, 1.807) is 18.3 Å². The van der Waals surface area contributed by atoms with E-state index < -0.39 is 0 Å². The van der Waals surface area contributed by atoms with E-state index in [9.17, 15) is 9.18 Å². The summed E-state index contributed by atoms with van der Waals surface area (Å²) in [5, 5.41) is 6.92. The molecular weight excluding hydrogens is 473 g/mol. The number of thiocarbonyl (C=S) groups is 1. The quantitative estimate of drug-likeness (QED) is 0.326. The topological polar surface area (TPSA) is 62.2 Å². The van der Waals surface area contributed by atoms with Gasteiger partial charge in [0.15, 0.2) is 5.11 Å². The van der Waals surface area contributed by atoms with E-state index in [1.807, 2.05) is 84.1 Å². The Kier molecular flexibility index (Phi) is 6.52. The molecule has 36 heavy (non-hydrogen) atoms. The van der Waals surface area contributed by atoms with Crippen molar-refractivity contribution in [3.8, 4) is 5.69 Å². The molecule has 0 saturated carbocycles. The number of halogens is 1. The highest BCUT2D eigenvalue weighted by molar-refractivity contribution is 7.80. The molecule has 1 saturated heterocycles. The number of carbonyl (C=O) groups is 1. The van der Waals surface area contributed by atoms with Crippen molar-refractivity contribution in [2.45, 2.75) is 32.4 Å². The second-order valence-electron chi connectivity index (χ2n) is 8.65. The van der Waals surface area contributed by atoms with Crippen LogP contribution in [-0.4, -0.2) is 20.6 Å². The van der Waals surface area contributed by atoms with Crippen LogP contribution >= 0.6 is 12.2 Å². The van der Waals surface area contributed by atoms with Gasteiger partial charge < -0.3 is 20.1 Å². The molecule has 0 aliphatic carbocycles. The summed E-state index contributed by atoms with van der Waals surface area (Å²) in [5.41, 5.74) is 4.70. The molecule has 2 N–H and O–H groups in total. The largest absolute Gasteiger partial charge is 0.351 e. The van der Waals surface area contributed by atoms with Gasteiger partial charge in [0.25, 0.3) is 0 Å². The van der Waals surface area contributed by atoms with Gasteiger partial charge in [0.2, 0.25) is 5.91 Å². The van der Waals surface area contributed by atoms with Gasteiger partial charge in [0, 0.05) is 35.9 Å². The van der Waals surface area contributed by atoms with Crippen LogP contribution < -0.4 is 15.5 Å². The lowest BCUT2D eigenvalue weighted by Gasteiger charge is -2.29. The molecule has 1 fully saturated rings. The zero-order chi connectivity index (χ0) is 25.2. The maximum atomic E-state index is 14.8. The fraction of sp³-hybridized carbons (Fsp3) is 0.179. The molecular formula is C28H26FN5OS. The minimum Gasteiger partial charge on any atom is -0.351 e. The molecule has 0 bridgehead atoms. The third-order valence-electron chi connectivity index (χ3n) is 6.38. The minimum absolute atomic E-state index is 0.0417. The first-order valence-electron chi connectivity index (χ1n) is 11.8. The van der Waals surface area contributed by atoms with Crippen molar-refractivity contribution in [3.05, 3.63) is 108 Å². The third kappa shape index (κ3) is 4.35. The van der Waals surface area contributed by atoms with Gasteiger partial charge in [0.1, 0.15) is 11.9 Å². The van der Waals surface area contributed by atoms with Crippen LogP contribution in [0.5, 0.6) is 0 Å². The molecule has 0 radical (unpaired) electrons. The van der Waals surface area contributed by atoms with Crippen molar-refractivity contribution in [2.75, 3.05) is 10.2 Å². The van der Waals surface area contributed by atoms with Crippen LogP contribution in [0.25, 0.3) is 5.69 Å². The predicted molar refractivity (Wildman–Crippen MR) is 144 cm³/mol. The Bertz CT molecular complexity index is 1420. The van der Waals surface area contributed by atoms with Gasteiger partial charge in [0.05, 0.1) is 17.4 Å². The second kappa shape index (κ2) is 9.91. The van der Waals surface area contributed by atoms with Crippen LogP contribution in [0.3, 0.4) is 0 Å². The molecule has 2 atom stereocenters. The Morgan fingerprint density at radius 2 is 1.92 bits per heavy atom. The highest BCUT2D eigenvalue weighted by atomic mass is 32.1. The van der Waals surface area contributed by atoms with E-state index in [2.05, 4.69) is 15.6 Å². The molecule has 1 aliphatic rings. The average Bonchev–Trinajstić information content (AvgIpc) is 3.50. The van der Waals surface area contributed by atoms with Crippen LogP contribution in [0.15, 0.2) is 85.2 Å². The van der Waals surface area contributed by atoms with Gasteiger partial charge in [-0.05, 0) is 79.3 Å². The van der Waals surface area contributed by atoms with E-state index in [-0.39, 0.29) is 23.8 Å². The second-order valence-corrected chi connectivity index (χ2v) is 9.04. The zero-order valence-corrected chi connectivity index (χ0v) is 20.8. The number of hydrogen-bond acceptors (Lipinski definition) is 3. The molecule has 8 heteroatoms. The standard InChI is InChI=1S/C28H26FN5OS/c1-3-25(35)31-21-14-13-19(17-18(21)2)34-27(26(32-28(34)36)22-10-6-7-15-30-22)24-12-8-16-33(24)23-11-5-4-9-20(23)29/h4-17,26-27H,3H2,1-2H3,(H,31,35)(H,32,36)/t26-,27+/m1/s1. The van der Waals surface area contributed by atoms with Crippen molar-refractivity contribution in [1.29, 1.82) is 0 Å². The third-order valence-corrected chi connectivity index (χ3v) is 6.69. The summed E-state index contributed by atoms with van der Waals surface area (Å²) in [6.07, 6.45) is 4.02. The Morgan fingerprint density at radius 3 is 2.64 bits per heavy atom. The smallest absolute Gasteiger partial charge is 0.224 e. The molecule has 0 spiro atoms. The van der Waals surface area contributed by atoms with Crippen LogP contribution in [-0.2, 0) is 4.79 Å². The molecule has 3 heterocycles. The first-order chi connectivity index (χ1) is 17.5. The first-order valence-corrected chi connectivity index (χ1v) is 12.2. The van der Waals surface area contributed by atoms with E-state index in [0.29, 0.717) is 17.2 Å². The number of hydrogen-bond donors (Lipinski definition) is 2. The molecule has 2 aromatic carbocycles. The average molecular weight is 500 g/mol. The number of aryl methyl sites for hydroxylation is 1. The van der Waals surface area contributed by atoms with Crippen LogP contribution in [0.2, 0.25) is 0 Å². The summed E-state index contributed by atoms with van der Waals surface area (Å²) in [5.74, 6) is -0.351. The Morgan fingerprint density at radius 1 is 1.11 bits per heavy atom. The number of rotatable bonds is 6. The molecule has 182 valence electrons. The Labute approximate surface area is 214 Å². The summed E-state index contributed by atoms with van der Waals surface area (Å²) >= 11 is 5.84. The molecule has 1 amide bonds. The summed E-state index contributed by atoms with van der Waals surface area (Å²) in [4.78, 5) is 18.6. The number of aromatic nitrogens is 2. The molecule has 4 aromatic rings. The highest BCUT2D eigenvalue weighted by Crippen LogP contribution is 2.43. The summed E-state index contributed by atoms with van der Waals surface area (Å²) in [7, 11) is 0. The number of nitrogens with zero attached hydrogens (tertiary/aromatic N) is 3. The van der Waals surface area contributed by atoms with Crippen LogP contribution in [0, 0.1) is 12.7 Å². The molecule has 6 nitrogen and oxygen atoms in total. The van der Waals surface area contributed by atoms with E-state index in [1.165, 1.54) is 6.07 Å². The lowest BCUT2D eigenvalue weighted by molar-refractivity contribution is -0.115. The Balaban J connectivity index is 1.63. The molecule has 5 rings (SSSR count). The molecule has 0 unspecified atom stereocenters. The fourth-order valence-corrected chi connectivity index (χ4v) is 4.96. The normalized spacial score (nSPS) is 17.2. The summed E-state index contributed by atoms with van der Waals surface area (Å²) in [6, 6.07) is 21.6. The van der Waals surface area contributed by atoms with E-state index in [4.69, 9.17) is 12.2 Å².